The van der Waals surface area contributed by atoms with Gasteiger partial charge in [-0.05, 0) is 61.4 Å². The number of nitrogens with one attached hydrogen (secondary N) is 1. The van der Waals surface area contributed by atoms with Crippen LogP contribution in [-0.4, -0.2) is 30.6 Å². The molecule has 3 aromatic carbocycles. The summed E-state index contributed by atoms with van der Waals surface area (Å²) in [5.74, 6) is -0.988. The van der Waals surface area contributed by atoms with Gasteiger partial charge in [-0.15, -0.1) is 0 Å². The van der Waals surface area contributed by atoms with E-state index in [0.717, 1.165) is 0 Å². The molecular weight excluding hydrogens is 425 g/mol. The number of carboxylic acids is 1. The number of furan rings is 1. The zero-order chi connectivity index (χ0) is 23.7. The minimum absolute atomic E-state index is 0.181. The second-order valence-electron chi connectivity index (χ2n) is 7.50. The van der Waals surface area contributed by atoms with E-state index in [9.17, 15) is 19.1 Å². The SMILES string of the molecule is CCOc1cc2oc(-c3ccc(F)cc3)c(C(=O)NC)c2cc1-c1ccc(C)c(C(=O)O)c1. The molecule has 7 heteroatoms. The molecule has 2 N–H and O–H groups in total. The van der Waals surface area contributed by atoms with Gasteiger partial charge in [-0.1, -0.05) is 12.1 Å². The Morgan fingerprint density at radius 3 is 2.39 bits per heavy atom. The first-order chi connectivity index (χ1) is 15.8. The molecule has 4 rings (SSSR count). The van der Waals surface area contributed by atoms with Gasteiger partial charge in [-0.25, -0.2) is 9.18 Å². The van der Waals surface area contributed by atoms with Crippen molar-refractivity contribution in [3.05, 3.63) is 77.1 Å². The first kappa shape index (κ1) is 22.1. The van der Waals surface area contributed by atoms with Crippen LogP contribution in [0.2, 0.25) is 0 Å². The molecule has 0 aliphatic heterocycles. The molecule has 1 heterocycles. The quantitative estimate of drug-likeness (QED) is 0.398. The minimum atomic E-state index is -1.03. The van der Waals surface area contributed by atoms with Crippen molar-refractivity contribution in [2.75, 3.05) is 13.7 Å². The van der Waals surface area contributed by atoms with Gasteiger partial charge in [0.25, 0.3) is 5.91 Å². The summed E-state index contributed by atoms with van der Waals surface area (Å²) in [7, 11) is 1.52. The molecule has 0 radical (unpaired) electrons. The summed E-state index contributed by atoms with van der Waals surface area (Å²) in [5.41, 5.74) is 3.35. The van der Waals surface area contributed by atoms with E-state index < -0.39 is 11.8 Å². The smallest absolute Gasteiger partial charge is 0.335 e. The van der Waals surface area contributed by atoms with Gasteiger partial charge in [0, 0.05) is 29.6 Å². The molecular formula is C26H22FNO5. The third-order valence-corrected chi connectivity index (χ3v) is 5.43. The van der Waals surface area contributed by atoms with Crippen LogP contribution in [-0.2, 0) is 0 Å². The zero-order valence-electron chi connectivity index (χ0n) is 18.4. The van der Waals surface area contributed by atoms with E-state index in [0.29, 0.717) is 56.9 Å². The molecule has 0 fully saturated rings. The van der Waals surface area contributed by atoms with Gasteiger partial charge < -0.3 is 19.6 Å². The summed E-state index contributed by atoms with van der Waals surface area (Å²) < 4.78 is 25.3. The summed E-state index contributed by atoms with van der Waals surface area (Å²) >= 11 is 0. The van der Waals surface area contributed by atoms with Crippen molar-refractivity contribution in [1.29, 1.82) is 0 Å². The second-order valence-corrected chi connectivity index (χ2v) is 7.50. The zero-order valence-corrected chi connectivity index (χ0v) is 18.4. The van der Waals surface area contributed by atoms with Crippen molar-refractivity contribution in [2.24, 2.45) is 0 Å². The summed E-state index contributed by atoms with van der Waals surface area (Å²) in [6.07, 6.45) is 0. The number of rotatable bonds is 6. The molecule has 33 heavy (non-hydrogen) atoms. The number of benzene rings is 3. The topological polar surface area (TPSA) is 88.8 Å². The maximum Gasteiger partial charge on any atom is 0.335 e. The van der Waals surface area contributed by atoms with Crippen LogP contribution >= 0.6 is 0 Å². The molecule has 0 unspecified atom stereocenters. The van der Waals surface area contributed by atoms with Crippen LogP contribution in [0.15, 0.2) is 59.0 Å². The fraction of sp³-hybridized carbons (Fsp3) is 0.154. The lowest BCUT2D eigenvalue weighted by atomic mass is 9.96. The number of ether oxygens (including phenoxy) is 1. The largest absolute Gasteiger partial charge is 0.493 e. The fourth-order valence-corrected chi connectivity index (χ4v) is 3.80. The first-order valence-corrected chi connectivity index (χ1v) is 10.4. The number of hydrogen-bond donors (Lipinski definition) is 2. The molecule has 6 nitrogen and oxygen atoms in total. The van der Waals surface area contributed by atoms with Crippen molar-refractivity contribution < 1.29 is 28.2 Å². The lowest BCUT2D eigenvalue weighted by Crippen LogP contribution is -2.18. The van der Waals surface area contributed by atoms with Crippen LogP contribution in [0.25, 0.3) is 33.4 Å². The van der Waals surface area contributed by atoms with Gasteiger partial charge in [0.05, 0.1) is 17.7 Å². The van der Waals surface area contributed by atoms with E-state index in [4.69, 9.17) is 9.15 Å². The van der Waals surface area contributed by atoms with Crippen molar-refractivity contribution in [1.82, 2.24) is 5.32 Å². The predicted molar refractivity (Wildman–Crippen MR) is 123 cm³/mol. The monoisotopic (exact) mass is 447 g/mol. The maximum absolute atomic E-state index is 13.5. The molecule has 0 atom stereocenters. The summed E-state index contributed by atoms with van der Waals surface area (Å²) in [6.45, 7) is 3.95. The van der Waals surface area contributed by atoms with Crippen LogP contribution in [0, 0.1) is 12.7 Å². The van der Waals surface area contributed by atoms with Crippen LogP contribution < -0.4 is 10.1 Å². The Labute approximate surface area is 189 Å². The normalized spacial score (nSPS) is 10.9. The van der Waals surface area contributed by atoms with Crippen LogP contribution in [0.3, 0.4) is 0 Å². The number of carbonyl (C=O) groups excluding carboxylic acids is 1. The Balaban J connectivity index is 2.01. The second kappa shape index (κ2) is 8.78. The van der Waals surface area contributed by atoms with Crippen molar-refractivity contribution >= 4 is 22.8 Å². The Morgan fingerprint density at radius 2 is 1.76 bits per heavy atom. The third kappa shape index (κ3) is 4.05. The number of hydrogen-bond acceptors (Lipinski definition) is 4. The molecule has 0 aliphatic carbocycles. The number of aromatic carboxylic acids is 1. The highest BCUT2D eigenvalue weighted by Crippen LogP contribution is 2.41. The summed E-state index contributed by atoms with van der Waals surface area (Å²) in [6, 6.07) is 14.3. The number of halogens is 1. The average molecular weight is 447 g/mol. The van der Waals surface area contributed by atoms with Crippen molar-refractivity contribution in [3.8, 4) is 28.2 Å². The van der Waals surface area contributed by atoms with E-state index in [1.165, 1.54) is 19.2 Å². The summed E-state index contributed by atoms with van der Waals surface area (Å²) in [4.78, 5) is 24.5. The molecule has 0 bridgehead atoms. The van der Waals surface area contributed by atoms with Crippen molar-refractivity contribution in [3.63, 3.8) is 0 Å². The standard InChI is InChI=1S/C26H22FNO5/c1-4-32-21-13-22-20(12-19(21)16-6-5-14(2)18(11-16)26(30)31)23(25(29)28-3)24(33-22)15-7-9-17(27)10-8-15/h5-13H,4H2,1-3H3,(H,28,29)(H,30,31). The lowest BCUT2D eigenvalue weighted by molar-refractivity contribution is 0.0696. The molecule has 0 spiro atoms. The third-order valence-electron chi connectivity index (χ3n) is 5.43. The van der Waals surface area contributed by atoms with E-state index in [-0.39, 0.29) is 11.5 Å². The lowest BCUT2D eigenvalue weighted by Gasteiger charge is -2.12. The van der Waals surface area contributed by atoms with E-state index >= 15 is 0 Å². The van der Waals surface area contributed by atoms with E-state index in [1.54, 1.807) is 43.3 Å². The van der Waals surface area contributed by atoms with E-state index in [2.05, 4.69) is 5.32 Å². The van der Waals surface area contributed by atoms with Crippen LogP contribution in [0.5, 0.6) is 5.75 Å². The van der Waals surface area contributed by atoms with Gasteiger partial charge in [0.1, 0.15) is 22.9 Å². The molecule has 0 aliphatic rings. The number of carboxylic acid groups (broad SMARTS) is 1. The molecule has 4 aromatic rings. The van der Waals surface area contributed by atoms with E-state index in [1.807, 2.05) is 13.0 Å². The molecule has 0 saturated carbocycles. The fourth-order valence-electron chi connectivity index (χ4n) is 3.80. The Kier molecular flexibility index (Phi) is 5.87. The molecule has 1 amide bonds. The first-order valence-electron chi connectivity index (χ1n) is 10.4. The maximum atomic E-state index is 13.5. The number of aryl methyl sites for hydroxylation is 1. The molecule has 0 saturated heterocycles. The van der Waals surface area contributed by atoms with Crippen LogP contribution in [0.4, 0.5) is 4.39 Å². The highest BCUT2D eigenvalue weighted by atomic mass is 19.1. The van der Waals surface area contributed by atoms with Gasteiger partial charge in [-0.2, -0.15) is 0 Å². The molecule has 1 aromatic heterocycles. The minimum Gasteiger partial charge on any atom is -0.493 e. The highest BCUT2D eigenvalue weighted by molar-refractivity contribution is 6.12. The average Bonchev–Trinajstić information content (AvgIpc) is 3.17. The summed E-state index contributed by atoms with van der Waals surface area (Å²) in [5, 5.41) is 12.7. The van der Waals surface area contributed by atoms with Gasteiger partial charge in [0.15, 0.2) is 0 Å². The van der Waals surface area contributed by atoms with Gasteiger partial charge >= 0.3 is 5.97 Å². The highest BCUT2D eigenvalue weighted by Gasteiger charge is 2.24. The number of carbonyl (C=O) groups is 2. The van der Waals surface area contributed by atoms with Crippen LogP contribution in [0.1, 0.15) is 33.2 Å². The number of amides is 1. The van der Waals surface area contributed by atoms with Gasteiger partial charge in [-0.3, -0.25) is 4.79 Å². The number of fused-ring (bicyclic) bond motifs is 1. The molecule has 168 valence electrons. The van der Waals surface area contributed by atoms with Crippen molar-refractivity contribution in [2.45, 2.75) is 13.8 Å². The predicted octanol–water partition coefficient (Wildman–Crippen LogP) is 5.67. The Bertz CT molecular complexity index is 1370. The Morgan fingerprint density at radius 1 is 1.06 bits per heavy atom. The Hall–Kier alpha value is -4.13. The van der Waals surface area contributed by atoms with Gasteiger partial charge in [0.2, 0.25) is 0 Å².